The van der Waals surface area contributed by atoms with Crippen LogP contribution in [-0.2, 0) is 16.1 Å². The summed E-state index contributed by atoms with van der Waals surface area (Å²) in [6.07, 6.45) is 11.3. The zero-order valence-electron chi connectivity index (χ0n) is 30.1. The maximum Gasteiger partial charge on any atom is 0.249 e. The van der Waals surface area contributed by atoms with E-state index in [-0.39, 0.29) is 29.5 Å². The Morgan fingerprint density at radius 1 is 0.944 bits per heavy atom. The number of piperidine rings is 2. The molecular formula is C39H44FN11O3. The zero-order chi connectivity index (χ0) is 37.2. The first-order chi connectivity index (χ1) is 26.2. The van der Waals surface area contributed by atoms with Crippen LogP contribution in [0.1, 0.15) is 44.3 Å². The van der Waals surface area contributed by atoms with Crippen molar-refractivity contribution in [1.82, 2.24) is 40.0 Å². The van der Waals surface area contributed by atoms with Gasteiger partial charge in [0.15, 0.2) is 11.6 Å². The number of nitrogens with one attached hydrogen (secondary N) is 2. The van der Waals surface area contributed by atoms with Crippen molar-refractivity contribution in [3.8, 4) is 22.6 Å². The van der Waals surface area contributed by atoms with Crippen molar-refractivity contribution in [1.29, 1.82) is 0 Å². The molecule has 14 nitrogen and oxygen atoms in total. The third-order valence-electron chi connectivity index (χ3n) is 10.7. The smallest absolute Gasteiger partial charge is 0.249 e. The van der Waals surface area contributed by atoms with Gasteiger partial charge in [0, 0.05) is 79.0 Å². The van der Waals surface area contributed by atoms with E-state index >= 15 is 0 Å². The number of amides is 2. The van der Waals surface area contributed by atoms with Crippen LogP contribution in [0.3, 0.4) is 0 Å². The summed E-state index contributed by atoms with van der Waals surface area (Å²) in [6, 6.07) is 14.1. The normalized spacial score (nSPS) is 19.0. The fourth-order valence-corrected chi connectivity index (χ4v) is 7.63. The molecule has 8 rings (SSSR count). The monoisotopic (exact) mass is 733 g/mol. The Morgan fingerprint density at radius 3 is 2.48 bits per heavy atom. The van der Waals surface area contributed by atoms with Gasteiger partial charge in [-0.2, -0.15) is 20.1 Å². The van der Waals surface area contributed by atoms with Gasteiger partial charge in [-0.15, -0.1) is 0 Å². The first kappa shape index (κ1) is 35.2. The number of anilines is 3. The molecular weight excluding hydrogens is 690 g/mol. The Morgan fingerprint density at radius 2 is 1.72 bits per heavy atom. The average Bonchev–Trinajstić information content (AvgIpc) is 3.86. The van der Waals surface area contributed by atoms with Gasteiger partial charge < -0.3 is 25.6 Å². The Hall–Kier alpha value is -5.83. The van der Waals surface area contributed by atoms with Crippen LogP contribution >= 0.6 is 0 Å². The van der Waals surface area contributed by atoms with Gasteiger partial charge in [0.05, 0.1) is 24.3 Å². The molecule has 3 aliphatic rings. The van der Waals surface area contributed by atoms with E-state index in [2.05, 4.69) is 52.8 Å². The summed E-state index contributed by atoms with van der Waals surface area (Å²) in [4.78, 5) is 34.3. The molecule has 0 aliphatic carbocycles. The van der Waals surface area contributed by atoms with Crippen molar-refractivity contribution in [2.75, 3.05) is 48.7 Å². The number of pyridine rings is 1. The quantitative estimate of drug-likeness (QED) is 0.155. The molecule has 0 spiro atoms. The van der Waals surface area contributed by atoms with Gasteiger partial charge in [-0.3, -0.25) is 19.6 Å². The summed E-state index contributed by atoms with van der Waals surface area (Å²) in [7, 11) is 0. The van der Waals surface area contributed by atoms with Crippen LogP contribution < -0.4 is 26.0 Å². The molecule has 0 bridgehead atoms. The van der Waals surface area contributed by atoms with Crippen LogP contribution in [-0.4, -0.2) is 85.2 Å². The molecule has 1 unspecified atom stereocenters. The molecule has 0 saturated carbocycles. The van der Waals surface area contributed by atoms with Crippen molar-refractivity contribution in [3.05, 3.63) is 90.9 Å². The lowest BCUT2D eigenvalue weighted by atomic mass is 9.93. The van der Waals surface area contributed by atoms with Crippen molar-refractivity contribution in [2.45, 2.75) is 51.3 Å². The fraction of sp³-hybridized carbons (Fsp3) is 0.385. The van der Waals surface area contributed by atoms with Gasteiger partial charge in [0.2, 0.25) is 11.8 Å². The maximum atomic E-state index is 14.3. The van der Waals surface area contributed by atoms with Gasteiger partial charge in [-0.05, 0) is 93.7 Å². The third-order valence-corrected chi connectivity index (χ3v) is 10.7. The number of hydrogen-bond donors (Lipinski definition) is 3. The minimum Gasteiger partial charge on any atom is -0.482 e. The summed E-state index contributed by atoms with van der Waals surface area (Å²) in [6.45, 7) is 8.03. The number of hydrogen-bond acceptors (Lipinski definition) is 11. The van der Waals surface area contributed by atoms with Crippen LogP contribution in [0.25, 0.3) is 16.8 Å². The van der Waals surface area contributed by atoms with E-state index in [1.54, 1.807) is 24.7 Å². The summed E-state index contributed by atoms with van der Waals surface area (Å²) >= 11 is 0. The van der Waals surface area contributed by atoms with Gasteiger partial charge in [0.1, 0.15) is 18.0 Å². The SMILES string of the molecule is C[C@H](Oc1cc(-c2cnn(CC3CCN(CC4CN(c5ccc(NC6CCC(=O)NC6=O)cc5)C4)CC3)c2)cnc1N)c1cc(F)ccc1-n1nccn1. The predicted octanol–water partition coefficient (Wildman–Crippen LogP) is 4.45. The van der Waals surface area contributed by atoms with E-state index in [4.69, 9.17) is 10.5 Å². The number of carbonyl (C=O) groups is 2. The molecule has 2 aromatic carbocycles. The second-order valence-electron chi connectivity index (χ2n) is 14.6. The van der Waals surface area contributed by atoms with Crippen molar-refractivity contribution in [2.24, 2.45) is 11.8 Å². The first-order valence-corrected chi connectivity index (χ1v) is 18.5. The molecule has 6 heterocycles. The zero-order valence-corrected chi connectivity index (χ0v) is 30.1. The van der Waals surface area contributed by atoms with Crippen molar-refractivity contribution < 1.29 is 18.7 Å². The third kappa shape index (κ3) is 7.90. The number of benzene rings is 2. The second-order valence-corrected chi connectivity index (χ2v) is 14.6. The summed E-state index contributed by atoms with van der Waals surface area (Å²) in [5.74, 6) is 0.980. The molecule has 3 aliphatic heterocycles. The largest absolute Gasteiger partial charge is 0.482 e. The lowest BCUT2D eigenvalue weighted by Crippen LogP contribution is -2.52. The van der Waals surface area contributed by atoms with E-state index in [9.17, 15) is 14.0 Å². The fourth-order valence-electron chi connectivity index (χ4n) is 7.63. The van der Waals surface area contributed by atoms with E-state index in [0.717, 1.165) is 68.9 Å². The number of ether oxygens (including phenoxy) is 1. The Kier molecular flexibility index (Phi) is 9.95. The van der Waals surface area contributed by atoms with E-state index in [0.29, 0.717) is 41.7 Å². The first-order valence-electron chi connectivity index (χ1n) is 18.5. The number of carbonyl (C=O) groups excluding carboxylic acids is 2. The molecule has 4 N–H and O–H groups in total. The van der Waals surface area contributed by atoms with Crippen molar-refractivity contribution >= 4 is 29.0 Å². The number of nitrogens with two attached hydrogens (primary N) is 1. The molecule has 2 atom stereocenters. The van der Waals surface area contributed by atoms with E-state index in [1.807, 2.05) is 42.2 Å². The van der Waals surface area contributed by atoms with Crippen molar-refractivity contribution in [3.63, 3.8) is 0 Å². The standard InChI is InChI=1S/C39H44FN11O3/c1-25(33-17-30(40)2-8-35(33)51-43-12-13-44-51)54-36-16-28(18-42-38(36)41)29-19-45-50(24-29)23-26-10-14-48(15-11-26)20-27-21-49(22-27)32-5-3-31(4-6-32)46-34-7-9-37(52)47-39(34)53/h2-6,8,12-13,16-19,24-27,34,46H,7,9-11,14-15,20-23H2,1H3,(H2,41,42)(H,47,52,53)/t25-,34?/m0/s1. The maximum absolute atomic E-state index is 14.3. The Bertz CT molecular complexity index is 2090. The molecule has 2 amide bonds. The van der Waals surface area contributed by atoms with Crippen LogP contribution in [0.15, 0.2) is 79.5 Å². The number of aromatic nitrogens is 6. The average molecular weight is 734 g/mol. The number of halogens is 1. The highest BCUT2D eigenvalue weighted by Crippen LogP contribution is 2.33. The second kappa shape index (κ2) is 15.3. The topological polar surface area (TPSA) is 161 Å². The van der Waals surface area contributed by atoms with Crippen LogP contribution in [0.2, 0.25) is 0 Å². The molecule has 15 heteroatoms. The number of nitrogens with zero attached hydrogens (tertiary/aromatic N) is 8. The summed E-state index contributed by atoms with van der Waals surface area (Å²) in [5, 5.41) is 18.7. The van der Waals surface area contributed by atoms with Gasteiger partial charge in [-0.1, -0.05) is 0 Å². The Labute approximate surface area is 312 Å². The number of imide groups is 1. The highest BCUT2D eigenvalue weighted by Gasteiger charge is 2.31. The van der Waals surface area contributed by atoms with Gasteiger partial charge in [0.25, 0.3) is 0 Å². The van der Waals surface area contributed by atoms with Gasteiger partial charge in [-0.25, -0.2) is 9.37 Å². The Balaban J connectivity index is 0.795. The van der Waals surface area contributed by atoms with Crippen LogP contribution in [0.4, 0.5) is 21.6 Å². The van der Waals surface area contributed by atoms with E-state index < -0.39 is 6.10 Å². The number of likely N-dealkylation sites (tertiary alicyclic amines) is 1. The summed E-state index contributed by atoms with van der Waals surface area (Å²) in [5.41, 5.74) is 11.2. The molecule has 0 radical (unpaired) electrons. The molecule has 5 aromatic rings. The minimum absolute atomic E-state index is 0.207. The summed E-state index contributed by atoms with van der Waals surface area (Å²) < 4.78 is 22.5. The predicted molar refractivity (Wildman–Crippen MR) is 201 cm³/mol. The number of rotatable bonds is 12. The lowest BCUT2D eigenvalue weighted by molar-refractivity contribution is -0.133. The molecule has 3 saturated heterocycles. The molecule has 280 valence electrons. The van der Waals surface area contributed by atoms with Crippen LogP contribution in [0.5, 0.6) is 5.75 Å². The lowest BCUT2D eigenvalue weighted by Gasteiger charge is -2.44. The molecule has 3 fully saturated rings. The van der Waals surface area contributed by atoms with Gasteiger partial charge >= 0.3 is 0 Å². The highest BCUT2D eigenvalue weighted by atomic mass is 19.1. The number of nitrogen functional groups attached to an aromatic ring is 1. The minimum atomic E-state index is -0.562. The molecule has 3 aromatic heterocycles. The van der Waals surface area contributed by atoms with Crippen LogP contribution in [0, 0.1) is 17.7 Å². The van der Waals surface area contributed by atoms with E-state index in [1.165, 1.54) is 22.6 Å². The highest BCUT2D eigenvalue weighted by molar-refractivity contribution is 6.01. The molecule has 54 heavy (non-hydrogen) atoms.